The molecule has 0 amide bonds. The number of hydrogen-bond donors (Lipinski definition) is 0. The maximum Gasteiger partial charge on any atom is 0.361 e. The van der Waals surface area contributed by atoms with Gasteiger partial charge in [0.25, 0.3) is 6.43 Å². The van der Waals surface area contributed by atoms with Crippen LogP contribution in [0.1, 0.15) is 62.3 Å². The smallest absolute Gasteiger partial charge is 0.361 e. The lowest BCUT2D eigenvalue weighted by atomic mass is 10.1. The van der Waals surface area contributed by atoms with E-state index >= 15 is 0 Å². The molecule has 0 bridgehead atoms. The molecule has 18 heavy (non-hydrogen) atoms. The number of halogens is 2. The largest absolute Gasteiger partial charge is 0.461 e. The van der Waals surface area contributed by atoms with Crippen LogP contribution in [-0.4, -0.2) is 27.6 Å². The van der Waals surface area contributed by atoms with E-state index in [9.17, 15) is 13.6 Å². The quantitative estimate of drug-likeness (QED) is 0.739. The molecule has 7 heteroatoms. The first kappa shape index (κ1) is 14.5. The summed E-state index contributed by atoms with van der Waals surface area (Å²) in [6.07, 6.45) is -1.52. The van der Waals surface area contributed by atoms with Crippen LogP contribution in [0.2, 0.25) is 0 Å². The third-order valence-electron chi connectivity index (χ3n) is 2.69. The van der Waals surface area contributed by atoms with Gasteiger partial charge >= 0.3 is 5.97 Å². The lowest BCUT2D eigenvalue weighted by Crippen LogP contribution is -2.15. The molecule has 1 heterocycles. The Hall–Kier alpha value is -1.53. The summed E-state index contributed by atoms with van der Waals surface area (Å²) in [5.74, 6) is -0.856. The molecule has 0 saturated heterocycles. The first-order valence-corrected chi connectivity index (χ1v) is 5.97. The van der Waals surface area contributed by atoms with E-state index < -0.39 is 23.8 Å². The number of carbonyl (C=O) groups is 1. The van der Waals surface area contributed by atoms with Crippen LogP contribution in [0.15, 0.2) is 0 Å². The van der Waals surface area contributed by atoms with E-state index in [0.29, 0.717) is 12.8 Å². The number of hydrogen-bond acceptors (Lipinski definition) is 4. The minimum atomic E-state index is -2.81. The number of aromatic nitrogens is 3. The van der Waals surface area contributed by atoms with Crippen molar-refractivity contribution in [3.8, 4) is 0 Å². The third kappa shape index (κ3) is 2.83. The van der Waals surface area contributed by atoms with Gasteiger partial charge in [-0.15, -0.1) is 5.10 Å². The molecule has 0 aliphatic carbocycles. The minimum absolute atomic E-state index is 0.110. The maximum atomic E-state index is 13.0. The molecule has 0 aliphatic heterocycles. The zero-order valence-corrected chi connectivity index (χ0v) is 10.7. The average molecular weight is 261 g/mol. The van der Waals surface area contributed by atoms with Crippen molar-refractivity contribution in [3.05, 3.63) is 11.4 Å². The summed E-state index contributed by atoms with van der Waals surface area (Å²) in [5.41, 5.74) is -0.846. The van der Waals surface area contributed by atoms with Crippen LogP contribution >= 0.6 is 0 Å². The van der Waals surface area contributed by atoms with Gasteiger partial charge in [-0.3, -0.25) is 0 Å². The Kier molecular flexibility index (Phi) is 5.18. The molecule has 1 aromatic rings. The van der Waals surface area contributed by atoms with Crippen molar-refractivity contribution in [2.24, 2.45) is 0 Å². The highest BCUT2D eigenvalue weighted by Gasteiger charge is 2.29. The monoisotopic (exact) mass is 261 g/mol. The van der Waals surface area contributed by atoms with Gasteiger partial charge in [0.1, 0.15) is 5.69 Å². The second kappa shape index (κ2) is 6.42. The van der Waals surface area contributed by atoms with Crippen LogP contribution in [0.3, 0.4) is 0 Å². The lowest BCUT2D eigenvalue weighted by molar-refractivity contribution is 0.0506. The highest BCUT2D eigenvalue weighted by atomic mass is 19.3. The van der Waals surface area contributed by atoms with E-state index in [1.165, 1.54) is 0 Å². The molecule has 5 nitrogen and oxygen atoms in total. The summed E-state index contributed by atoms with van der Waals surface area (Å²) in [4.78, 5) is 11.5. The molecular weight excluding hydrogens is 244 g/mol. The van der Waals surface area contributed by atoms with Crippen molar-refractivity contribution >= 4 is 5.97 Å². The standard InChI is InChI=1S/C11H17F2N3O2/c1-4-7(5-2)16-9(10(12)13)8(14-15-16)11(17)18-6-3/h7,10H,4-6H2,1-3H3. The first-order chi connectivity index (χ1) is 8.56. The fraction of sp³-hybridized carbons (Fsp3) is 0.727. The Labute approximate surface area is 104 Å². The molecule has 0 fully saturated rings. The van der Waals surface area contributed by atoms with Gasteiger partial charge in [0.15, 0.2) is 5.69 Å². The molecule has 0 spiro atoms. The average Bonchev–Trinajstić information content (AvgIpc) is 2.76. The van der Waals surface area contributed by atoms with Gasteiger partial charge in [-0.25, -0.2) is 18.3 Å². The predicted octanol–water partition coefficient (Wildman–Crippen LogP) is 2.75. The zero-order chi connectivity index (χ0) is 13.7. The van der Waals surface area contributed by atoms with E-state index in [-0.39, 0.29) is 12.6 Å². The Morgan fingerprint density at radius 2 is 1.94 bits per heavy atom. The second-order valence-electron chi connectivity index (χ2n) is 3.76. The van der Waals surface area contributed by atoms with Gasteiger partial charge in [-0.05, 0) is 19.8 Å². The molecule has 1 aromatic heterocycles. The molecule has 0 atom stereocenters. The number of alkyl halides is 2. The Morgan fingerprint density at radius 3 is 2.39 bits per heavy atom. The van der Waals surface area contributed by atoms with Gasteiger partial charge in [-0.2, -0.15) is 0 Å². The van der Waals surface area contributed by atoms with Gasteiger partial charge in [0, 0.05) is 0 Å². The van der Waals surface area contributed by atoms with Gasteiger partial charge in [0.2, 0.25) is 0 Å². The third-order valence-corrected chi connectivity index (χ3v) is 2.69. The summed E-state index contributed by atoms with van der Waals surface area (Å²) in [7, 11) is 0. The number of nitrogens with zero attached hydrogens (tertiary/aromatic N) is 3. The number of rotatable bonds is 6. The van der Waals surface area contributed by atoms with Crippen LogP contribution in [0.4, 0.5) is 8.78 Å². The molecule has 0 aromatic carbocycles. The summed E-state index contributed by atoms with van der Waals surface area (Å²) >= 11 is 0. The number of esters is 1. The highest BCUT2D eigenvalue weighted by Crippen LogP contribution is 2.27. The van der Waals surface area contributed by atoms with Crippen LogP contribution in [-0.2, 0) is 4.74 Å². The molecule has 102 valence electrons. The van der Waals surface area contributed by atoms with E-state index in [2.05, 4.69) is 10.3 Å². The molecular formula is C11H17F2N3O2. The lowest BCUT2D eigenvalue weighted by Gasteiger charge is -2.15. The van der Waals surface area contributed by atoms with Gasteiger partial charge in [0.05, 0.1) is 12.6 Å². The summed E-state index contributed by atoms with van der Waals surface area (Å²) in [5, 5.41) is 7.20. The van der Waals surface area contributed by atoms with Crippen LogP contribution in [0.5, 0.6) is 0 Å². The molecule has 0 saturated carbocycles. The molecule has 0 radical (unpaired) electrons. The first-order valence-electron chi connectivity index (χ1n) is 5.97. The van der Waals surface area contributed by atoms with E-state index in [0.717, 1.165) is 4.68 Å². The SMILES string of the molecule is CCOC(=O)c1nnn(C(CC)CC)c1C(F)F. The van der Waals surface area contributed by atoms with Crippen molar-refractivity contribution in [1.82, 2.24) is 15.0 Å². The molecule has 0 aliphatic rings. The van der Waals surface area contributed by atoms with Crippen molar-refractivity contribution in [2.75, 3.05) is 6.61 Å². The fourth-order valence-corrected chi connectivity index (χ4v) is 1.75. The summed E-state index contributed by atoms with van der Waals surface area (Å²) in [6, 6.07) is -0.190. The van der Waals surface area contributed by atoms with Crippen molar-refractivity contribution in [1.29, 1.82) is 0 Å². The van der Waals surface area contributed by atoms with Crippen molar-refractivity contribution in [2.45, 2.75) is 46.1 Å². The normalized spacial score (nSPS) is 11.3. The molecule has 0 N–H and O–H groups in total. The van der Waals surface area contributed by atoms with Crippen LogP contribution in [0, 0.1) is 0 Å². The van der Waals surface area contributed by atoms with Gasteiger partial charge < -0.3 is 4.74 Å². The van der Waals surface area contributed by atoms with E-state index in [1.54, 1.807) is 6.92 Å². The maximum absolute atomic E-state index is 13.0. The van der Waals surface area contributed by atoms with E-state index in [1.807, 2.05) is 13.8 Å². The van der Waals surface area contributed by atoms with Crippen molar-refractivity contribution in [3.63, 3.8) is 0 Å². The van der Waals surface area contributed by atoms with E-state index in [4.69, 9.17) is 4.74 Å². The molecule has 0 unspecified atom stereocenters. The zero-order valence-electron chi connectivity index (χ0n) is 10.7. The fourth-order valence-electron chi connectivity index (χ4n) is 1.75. The minimum Gasteiger partial charge on any atom is -0.461 e. The van der Waals surface area contributed by atoms with Crippen molar-refractivity contribution < 1.29 is 18.3 Å². The van der Waals surface area contributed by atoms with Gasteiger partial charge in [-0.1, -0.05) is 19.1 Å². The second-order valence-corrected chi connectivity index (χ2v) is 3.76. The Bertz CT molecular complexity index is 403. The van der Waals surface area contributed by atoms with Crippen LogP contribution < -0.4 is 0 Å². The highest BCUT2D eigenvalue weighted by molar-refractivity contribution is 5.88. The molecule has 1 rings (SSSR count). The number of ether oxygens (including phenoxy) is 1. The summed E-state index contributed by atoms with van der Waals surface area (Å²) < 4.78 is 31.9. The summed E-state index contributed by atoms with van der Waals surface area (Å²) in [6.45, 7) is 5.45. The topological polar surface area (TPSA) is 57.0 Å². The Balaban J connectivity index is 3.18. The Morgan fingerprint density at radius 1 is 1.33 bits per heavy atom. The predicted molar refractivity (Wildman–Crippen MR) is 60.6 cm³/mol. The van der Waals surface area contributed by atoms with Crippen LogP contribution in [0.25, 0.3) is 0 Å². The number of carbonyl (C=O) groups excluding carboxylic acids is 1.